The van der Waals surface area contributed by atoms with E-state index in [1.54, 1.807) is 18.2 Å². The van der Waals surface area contributed by atoms with Crippen LogP contribution < -0.4 is 24.8 Å². The Kier molecular flexibility index (Phi) is 6.85. The lowest BCUT2D eigenvalue weighted by Crippen LogP contribution is -2.34. The molecule has 2 N–H and O–H groups in total. The predicted octanol–water partition coefficient (Wildman–Crippen LogP) is 5.30. The van der Waals surface area contributed by atoms with Gasteiger partial charge in [0, 0.05) is 11.3 Å². The quantitative estimate of drug-likeness (QED) is 0.346. The molecule has 4 rings (SSSR count). The second-order valence-corrected chi connectivity index (χ2v) is 7.82. The molecule has 1 amide bonds. The Labute approximate surface area is 205 Å². The summed E-state index contributed by atoms with van der Waals surface area (Å²) in [5.41, 5.74) is 2.83. The Morgan fingerprint density at radius 1 is 1.00 bits per heavy atom. The average Bonchev–Trinajstić information content (AvgIpc) is 3.28. The molecule has 0 saturated heterocycles. The van der Waals surface area contributed by atoms with E-state index >= 15 is 0 Å². The Morgan fingerprint density at radius 3 is 2.35 bits per heavy atom. The normalized spacial score (nSPS) is 10.6. The topological polar surface area (TPSA) is 94.9 Å². The van der Waals surface area contributed by atoms with Crippen molar-refractivity contribution in [3.05, 3.63) is 65.2 Å². The van der Waals surface area contributed by atoms with E-state index in [0.717, 1.165) is 5.52 Å². The monoisotopic (exact) mass is 497 g/mol. The minimum atomic E-state index is -0.454. The number of fused-ring (bicyclic) bond motifs is 1. The van der Waals surface area contributed by atoms with Gasteiger partial charge in [0.2, 0.25) is 11.6 Å². The number of rotatable bonds is 6. The lowest BCUT2D eigenvalue weighted by Gasteiger charge is -2.15. The molecule has 34 heavy (non-hydrogen) atoms. The van der Waals surface area contributed by atoms with Crippen LogP contribution in [0.25, 0.3) is 22.6 Å². The molecule has 0 fully saturated rings. The molecule has 0 saturated carbocycles. The van der Waals surface area contributed by atoms with Crippen LogP contribution in [0, 0.1) is 0 Å². The summed E-state index contributed by atoms with van der Waals surface area (Å²) >= 11 is 11.7. The minimum Gasteiger partial charge on any atom is -0.493 e. The summed E-state index contributed by atoms with van der Waals surface area (Å²) in [4.78, 5) is 17.3. The lowest BCUT2D eigenvalue weighted by molar-refractivity contribution is 0.0977. The van der Waals surface area contributed by atoms with Crippen LogP contribution in [0.5, 0.6) is 17.2 Å². The first kappa shape index (κ1) is 23.3. The number of hydrogen-bond donors (Lipinski definition) is 2. The van der Waals surface area contributed by atoms with Crippen LogP contribution in [-0.4, -0.2) is 37.3 Å². The van der Waals surface area contributed by atoms with Gasteiger partial charge in [-0.25, -0.2) is 4.98 Å². The Morgan fingerprint density at radius 2 is 1.71 bits per heavy atom. The smallest absolute Gasteiger partial charge is 0.257 e. The second kappa shape index (κ2) is 9.98. The van der Waals surface area contributed by atoms with Gasteiger partial charge < -0.3 is 23.9 Å². The lowest BCUT2D eigenvalue weighted by atomic mass is 10.1. The zero-order valence-electron chi connectivity index (χ0n) is 18.5. The summed E-state index contributed by atoms with van der Waals surface area (Å²) in [5.74, 6) is 1.01. The molecule has 3 aromatic carbocycles. The number of carbonyl (C=O) groups excluding carboxylic acids is 1. The van der Waals surface area contributed by atoms with Crippen molar-refractivity contribution in [2.75, 3.05) is 26.6 Å². The summed E-state index contributed by atoms with van der Waals surface area (Å²) in [6.45, 7) is 0. The first-order valence-electron chi connectivity index (χ1n) is 10.0. The van der Waals surface area contributed by atoms with Gasteiger partial charge in [0.05, 0.1) is 31.9 Å². The van der Waals surface area contributed by atoms with Crippen LogP contribution in [0.3, 0.4) is 0 Å². The highest BCUT2D eigenvalue weighted by Gasteiger charge is 2.18. The van der Waals surface area contributed by atoms with Crippen molar-refractivity contribution in [2.24, 2.45) is 0 Å². The Hall–Kier alpha value is -3.82. The molecule has 0 aliphatic carbocycles. The van der Waals surface area contributed by atoms with Crippen LogP contribution in [-0.2, 0) is 0 Å². The highest BCUT2D eigenvalue weighted by Crippen LogP contribution is 2.38. The van der Waals surface area contributed by atoms with Gasteiger partial charge in [0.15, 0.2) is 22.2 Å². The van der Waals surface area contributed by atoms with Crippen molar-refractivity contribution in [1.82, 2.24) is 10.3 Å². The van der Waals surface area contributed by atoms with E-state index in [1.165, 1.54) is 33.5 Å². The molecule has 0 bridgehead atoms. The van der Waals surface area contributed by atoms with Crippen molar-refractivity contribution in [3.8, 4) is 28.7 Å². The number of aromatic nitrogens is 1. The highest BCUT2D eigenvalue weighted by molar-refractivity contribution is 7.80. The van der Waals surface area contributed by atoms with Gasteiger partial charge in [-0.2, -0.15) is 0 Å². The number of anilines is 1. The molecule has 4 aromatic rings. The van der Waals surface area contributed by atoms with Crippen LogP contribution in [0.15, 0.2) is 59.0 Å². The van der Waals surface area contributed by atoms with Gasteiger partial charge in [-0.05, 0) is 54.7 Å². The van der Waals surface area contributed by atoms with Gasteiger partial charge in [-0.3, -0.25) is 10.1 Å². The van der Waals surface area contributed by atoms with Crippen molar-refractivity contribution >= 4 is 51.6 Å². The van der Waals surface area contributed by atoms with Crippen LogP contribution in [0.2, 0.25) is 5.02 Å². The van der Waals surface area contributed by atoms with E-state index in [1.807, 2.05) is 24.3 Å². The van der Waals surface area contributed by atoms with E-state index in [0.29, 0.717) is 45.0 Å². The summed E-state index contributed by atoms with van der Waals surface area (Å²) in [6.07, 6.45) is 0. The molecular weight excluding hydrogens is 478 g/mol. The minimum absolute atomic E-state index is 0.0876. The molecule has 10 heteroatoms. The number of nitrogens with zero attached hydrogens (tertiary/aromatic N) is 1. The third-order valence-electron chi connectivity index (χ3n) is 4.90. The van der Waals surface area contributed by atoms with Gasteiger partial charge >= 0.3 is 0 Å². The third kappa shape index (κ3) is 4.75. The number of halogens is 1. The molecule has 0 aliphatic rings. The Balaban J connectivity index is 1.52. The van der Waals surface area contributed by atoms with Crippen molar-refractivity contribution < 1.29 is 23.4 Å². The van der Waals surface area contributed by atoms with Gasteiger partial charge in [0.25, 0.3) is 5.91 Å². The Bertz CT molecular complexity index is 1330. The molecule has 0 aliphatic heterocycles. The van der Waals surface area contributed by atoms with E-state index in [4.69, 9.17) is 42.4 Å². The highest BCUT2D eigenvalue weighted by atomic mass is 35.5. The van der Waals surface area contributed by atoms with Crippen molar-refractivity contribution in [2.45, 2.75) is 0 Å². The van der Waals surface area contributed by atoms with Crippen LogP contribution in [0.1, 0.15) is 10.4 Å². The number of para-hydroxylation sites is 2. The number of thiocarbonyl (C=S) groups is 1. The fourth-order valence-corrected chi connectivity index (χ4v) is 3.71. The average molecular weight is 498 g/mol. The predicted molar refractivity (Wildman–Crippen MR) is 134 cm³/mol. The first-order valence-corrected chi connectivity index (χ1v) is 10.8. The summed E-state index contributed by atoms with van der Waals surface area (Å²) in [5, 5.41) is 6.17. The summed E-state index contributed by atoms with van der Waals surface area (Å²) in [6, 6.07) is 15.7. The molecule has 174 valence electrons. The molecule has 0 spiro atoms. The molecule has 0 atom stereocenters. The van der Waals surface area contributed by atoms with Crippen LogP contribution in [0.4, 0.5) is 5.69 Å². The molecule has 1 heterocycles. The number of amides is 1. The fraction of sp³-hybridized carbons (Fsp3) is 0.125. The van der Waals surface area contributed by atoms with Gasteiger partial charge in [-0.1, -0.05) is 23.7 Å². The molecule has 0 unspecified atom stereocenters. The molecular formula is C24H20ClN3O5S. The fourth-order valence-electron chi connectivity index (χ4n) is 3.30. The maximum absolute atomic E-state index is 12.8. The van der Waals surface area contributed by atoms with E-state index in [9.17, 15) is 4.79 Å². The number of oxazole rings is 1. The summed E-state index contributed by atoms with van der Waals surface area (Å²) < 4.78 is 21.7. The number of benzene rings is 3. The maximum Gasteiger partial charge on any atom is 0.257 e. The van der Waals surface area contributed by atoms with E-state index < -0.39 is 5.91 Å². The number of ether oxygens (including phenoxy) is 3. The molecule has 1 aromatic heterocycles. The van der Waals surface area contributed by atoms with E-state index in [2.05, 4.69) is 15.6 Å². The van der Waals surface area contributed by atoms with Crippen LogP contribution >= 0.6 is 23.8 Å². The molecule has 8 nitrogen and oxygen atoms in total. The standard InChI is InChI=1S/C24H20ClN3O5S/c1-30-19-10-13(11-20(31-2)21(19)32-3)22(29)28-24(34)26-14-8-9-16(25)15(12-14)23-27-17-6-4-5-7-18(17)33-23/h4-12H,1-3H3,(H2,26,28,29,34). The first-order chi connectivity index (χ1) is 16.4. The molecule has 0 radical (unpaired) electrons. The summed E-state index contributed by atoms with van der Waals surface area (Å²) in [7, 11) is 4.43. The van der Waals surface area contributed by atoms with Crippen molar-refractivity contribution in [3.63, 3.8) is 0 Å². The zero-order chi connectivity index (χ0) is 24.2. The number of nitrogens with one attached hydrogen (secondary N) is 2. The van der Waals surface area contributed by atoms with Gasteiger partial charge in [-0.15, -0.1) is 0 Å². The largest absolute Gasteiger partial charge is 0.493 e. The van der Waals surface area contributed by atoms with Crippen molar-refractivity contribution in [1.29, 1.82) is 0 Å². The maximum atomic E-state index is 12.8. The third-order valence-corrected chi connectivity index (χ3v) is 5.44. The van der Waals surface area contributed by atoms with Gasteiger partial charge in [0.1, 0.15) is 5.52 Å². The SMILES string of the molecule is COc1cc(C(=O)NC(=S)Nc2ccc(Cl)c(-c3nc4ccccc4o3)c2)cc(OC)c1OC. The number of methoxy groups -OCH3 is 3. The second-order valence-electron chi connectivity index (χ2n) is 7.00. The number of carbonyl (C=O) groups is 1. The number of hydrogen-bond acceptors (Lipinski definition) is 7. The zero-order valence-corrected chi connectivity index (χ0v) is 20.0. The van der Waals surface area contributed by atoms with E-state index in [-0.39, 0.29) is 10.7 Å².